The Labute approximate surface area is 208 Å². The number of anilines is 1. The van der Waals surface area contributed by atoms with E-state index in [2.05, 4.69) is 5.32 Å². The average Bonchev–Trinajstić information content (AvgIpc) is 2.73. The van der Waals surface area contributed by atoms with E-state index in [1.165, 1.54) is 23.1 Å². The lowest BCUT2D eigenvalue weighted by Crippen LogP contribution is -2.52. The number of benzene rings is 2. The SMILES string of the molecule is Cc1cccc(CN(C(=O)CCCN(c2ccccc2F)S(C)(=O)=O)[C@H](C)C(=O)NC(C)(C)C)c1. The van der Waals surface area contributed by atoms with E-state index in [0.29, 0.717) is 0 Å². The Balaban J connectivity index is 2.20. The van der Waals surface area contributed by atoms with E-state index in [1.807, 2.05) is 52.0 Å². The van der Waals surface area contributed by atoms with Crippen LogP contribution in [0.4, 0.5) is 10.1 Å². The molecule has 35 heavy (non-hydrogen) atoms. The molecule has 7 nitrogen and oxygen atoms in total. The quantitative estimate of drug-likeness (QED) is 0.529. The van der Waals surface area contributed by atoms with Crippen molar-refractivity contribution in [3.8, 4) is 0 Å². The Bertz CT molecular complexity index is 1150. The molecule has 2 rings (SSSR count). The molecule has 2 aromatic carbocycles. The number of para-hydroxylation sites is 1. The molecule has 0 aliphatic rings. The Morgan fingerprint density at radius 2 is 1.74 bits per heavy atom. The van der Waals surface area contributed by atoms with Gasteiger partial charge in [-0.2, -0.15) is 0 Å². The summed E-state index contributed by atoms with van der Waals surface area (Å²) < 4.78 is 39.8. The zero-order valence-corrected chi connectivity index (χ0v) is 22.2. The molecule has 0 aromatic heterocycles. The van der Waals surface area contributed by atoms with Crippen LogP contribution in [0.1, 0.15) is 51.7 Å². The molecule has 0 aliphatic heterocycles. The van der Waals surface area contributed by atoms with E-state index < -0.39 is 27.4 Å². The fourth-order valence-corrected chi connectivity index (χ4v) is 4.67. The molecule has 1 N–H and O–H groups in total. The molecule has 0 bridgehead atoms. The van der Waals surface area contributed by atoms with Crippen LogP contribution in [0.3, 0.4) is 0 Å². The summed E-state index contributed by atoms with van der Waals surface area (Å²) >= 11 is 0. The maximum absolute atomic E-state index is 14.3. The first-order valence-corrected chi connectivity index (χ1v) is 13.4. The van der Waals surface area contributed by atoms with E-state index >= 15 is 0 Å². The zero-order chi connectivity index (χ0) is 26.4. The molecule has 0 fully saturated rings. The van der Waals surface area contributed by atoms with Crippen molar-refractivity contribution in [2.24, 2.45) is 0 Å². The molecule has 0 spiro atoms. The number of carbonyl (C=O) groups is 2. The first-order chi connectivity index (χ1) is 16.2. The van der Waals surface area contributed by atoms with Gasteiger partial charge in [-0.15, -0.1) is 0 Å². The smallest absolute Gasteiger partial charge is 0.242 e. The number of nitrogens with one attached hydrogen (secondary N) is 1. The van der Waals surface area contributed by atoms with Crippen LogP contribution in [0.5, 0.6) is 0 Å². The van der Waals surface area contributed by atoms with Gasteiger partial charge in [-0.3, -0.25) is 13.9 Å². The van der Waals surface area contributed by atoms with Gasteiger partial charge in [-0.25, -0.2) is 12.8 Å². The largest absolute Gasteiger partial charge is 0.350 e. The highest BCUT2D eigenvalue weighted by Gasteiger charge is 2.29. The van der Waals surface area contributed by atoms with Crippen LogP contribution in [0.15, 0.2) is 48.5 Å². The van der Waals surface area contributed by atoms with Crippen LogP contribution >= 0.6 is 0 Å². The summed E-state index contributed by atoms with van der Waals surface area (Å²) in [6, 6.07) is 12.6. The van der Waals surface area contributed by atoms with Gasteiger partial charge >= 0.3 is 0 Å². The normalized spacial score (nSPS) is 12.7. The Hall–Kier alpha value is -2.94. The molecule has 1 atom stereocenters. The molecule has 0 saturated heterocycles. The maximum atomic E-state index is 14.3. The second-order valence-corrected chi connectivity index (χ2v) is 11.7. The summed E-state index contributed by atoms with van der Waals surface area (Å²) in [4.78, 5) is 27.6. The van der Waals surface area contributed by atoms with Crippen LogP contribution in [0, 0.1) is 12.7 Å². The Morgan fingerprint density at radius 1 is 1.09 bits per heavy atom. The topological polar surface area (TPSA) is 86.8 Å². The van der Waals surface area contributed by atoms with Crippen LogP contribution in [-0.2, 0) is 26.2 Å². The fraction of sp³-hybridized carbons (Fsp3) is 0.462. The van der Waals surface area contributed by atoms with Crippen molar-refractivity contribution in [1.82, 2.24) is 10.2 Å². The number of amides is 2. The van der Waals surface area contributed by atoms with E-state index in [-0.39, 0.29) is 43.4 Å². The minimum atomic E-state index is -3.76. The van der Waals surface area contributed by atoms with Gasteiger partial charge in [0.2, 0.25) is 21.8 Å². The van der Waals surface area contributed by atoms with E-state index in [4.69, 9.17) is 0 Å². The van der Waals surface area contributed by atoms with E-state index in [1.54, 1.807) is 13.0 Å². The van der Waals surface area contributed by atoms with Crippen LogP contribution in [0.25, 0.3) is 0 Å². The molecule has 0 heterocycles. The summed E-state index contributed by atoms with van der Waals surface area (Å²) in [5.74, 6) is -1.22. The maximum Gasteiger partial charge on any atom is 0.242 e. The van der Waals surface area contributed by atoms with E-state index in [9.17, 15) is 22.4 Å². The Kier molecular flexibility index (Phi) is 9.43. The van der Waals surface area contributed by atoms with Crippen molar-refractivity contribution in [3.63, 3.8) is 0 Å². The molecule has 0 aliphatic carbocycles. The van der Waals surface area contributed by atoms with Gasteiger partial charge in [-0.05, 0) is 58.7 Å². The summed E-state index contributed by atoms with van der Waals surface area (Å²) in [6.45, 7) is 9.41. The summed E-state index contributed by atoms with van der Waals surface area (Å²) in [6.07, 6.45) is 1.17. The highest BCUT2D eigenvalue weighted by atomic mass is 32.2. The third-order valence-corrected chi connectivity index (χ3v) is 6.55. The lowest BCUT2D eigenvalue weighted by Gasteiger charge is -2.32. The van der Waals surface area contributed by atoms with Gasteiger partial charge < -0.3 is 10.2 Å². The molecule has 0 unspecified atom stereocenters. The highest BCUT2D eigenvalue weighted by Crippen LogP contribution is 2.22. The van der Waals surface area contributed by atoms with Crippen molar-refractivity contribution >= 4 is 27.5 Å². The fourth-order valence-electron chi connectivity index (χ4n) is 3.70. The lowest BCUT2D eigenvalue weighted by molar-refractivity contribution is -0.141. The number of nitrogens with zero attached hydrogens (tertiary/aromatic N) is 2. The molecular formula is C26H36FN3O4S. The number of carbonyl (C=O) groups excluding carboxylic acids is 2. The van der Waals surface area contributed by atoms with Crippen molar-refractivity contribution < 1.29 is 22.4 Å². The second-order valence-electron chi connectivity index (χ2n) is 9.82. The van der Waals surface area contributed by atoms with Crippen molar-refractivity contribution in [1.29, 1.82) is 0 Å². The number of halogens is 1. The first-order valence-electron chi connectivity index (χ1n) is 11.6. The minimum Gasteiger partial charge on any atom is -0.350 e. The minimum absolute atomic E-state index is 0.000569. The average molecular weight is 506 g/mol. The predicted molar refractivity (Wildman–Crippen MR) is 137 cm³/mol. The number of rotatable bonds is 10. The standard InChI is InChI=1S/C26H36FN3O4S/c1-19-11-9-12-21(17-19)18-29(20(2)25(32)28-26(3,4)5)24(31)15-10-16-30(35(6,33)34)23-14-8-7-13-22(23)27/h7-9,11-14,17,20H,10,15-16,18H2,1-6H3,(H,28,32)/t20-/m1/s1. The van der Waals surface area contributed by atoms with Gasteiger partial charge in [0.25, 0.3) is 0 Å². The van der Waals surface area contributed by atoms with Crippen LogP contribution < -0.4 is 9.62 Å². The predicted octanol–water partition coefficient (Wildman–Crippen LogP) is 4.01. The monoisotopic (exact) mass is 505 g/mol. The molecular weight excluding hydrogens is 469 g/mol. The second kappa shape index (κ2) is 11.7. The van der Waals surface area contributed by atoms with Crippen molar-refractivity contribution in [2.45, 2.75) is 65.6 Å². The lowest BCUT2D eigenvalue weighted by atomic mass is 10.1. The summed E-state index contributed by atoms with van der Waals surface area (Å²) in [5, 5.41) is 2.91. The third kappa shape index (κ3) is 8.65. The molecule has 9 heteroatoms. The zero-order valence-electron chi connectivity index (χ0n) is 21.3. The van der Waals surface area contributed by atoms with Gasteiger partial charge in [0.15, 0.2) is 0 Å². The molecule has 2 amide bonds. The van der Waals surface area contributed by atoms with Crippen molar-refractivity contribution in [2.75, 3.05) is 17.1 Å². The molecule has 0 radical (unpaired) electrons. The van der Waals surface area contributed by atoms with Crippen LogP contribution in [0.2, 0.25) is 0 Å². The van der Waals surface area contributed by atoms with Gasteiger partial charge in [0.05, 0.1) is 11.9 Å². The number of hydrogen-bond donors (Lipinski definition) is 1. The van der Waals surface area contributed by atoms with Crippen molar-refractivity contribution in [3.05, 3.63) is 65.5 Å². The summed E-state index contributed by atoms with van der Waals surface area (Å²) in [7, 11) is -3.76. The van der Waals surface area contributed by atoms with Crippen LogP contribution in [-0.4, -0.2) is 49.5 Å². The van der Waals surface area contributed by atoms with Gasteiger partial charge in [-0.1, -0.05) is 42.0 Å². The third-order valence-electron chi connectivity index (χ3n) is 5.37. The molecule has 2 aromatic rings. The Morgan fingerprint density at radius 3 is 2.31 bits per heavy atom. The molecule has 0 saturated carbocycles. The number of hydrogen-bond acceptors (Lipinski definition) is 4. The summed E-state index contributed by atoms with van der Waals surface area (Å²) in [5.41, 5.74) is 1.41. The van der Waals surface area contributed by atoms with Gasteiger partial charge in [0, 0.05) is 25.0 Å². The number of aryl methyl sites for hydroxylation is 1. The molecule has 192 valence electrons. The van der Waals surface area contributed by atoms with E-state index in [0.717, 1.165) is 21.7 Å². The first kappa shape index (κ1) is 28.3. The number of sulfonamides is 1. The van der Waals surface area contributed by atoms with Gasteiger partial charge in [0.1, 0.15) is 11.9 Å². The highest BCUT2D eigenvalue weighted by molar-refractivity contribution is 7.92.